The molecule has 8 heteroatoms. The van der Waals surface area contributed by atoms with Crippen LogP contribution in [0.15, 0.2) is 0 Å². The number of rotatable bonds is 4. The Bertz CT molecular complexity index is 476. The molecule has 1 aliphatic rings. The molecule has 1 aromatic rings. The highest BCUT2D eigenvalue weighted by Crippen LogP contribution is 2.21. The first-order valence-electron chi connectivity index (χ1n) is 6.18. The standard InChI is InChI=1S/C11H16N4O3S/c1-2-8-13-14-10(19-8)12-11(18)15-4-3-7(6-15)5-9(16)17/h7H,2-6H2,1H3,(H,16,17)(H,12,14,18). The smallest absolute Gasteiger partial charge is 0.323 e. The number of aromatic nitrogens is 2. The number of carbonyl (C=O) groups excluding carboxylic acids is 1. The molecule has 1 aliphatic heterocycles. The van der Waals surface area contributed by atoms with Gasteiger partial charge in [0.2, 0.25) is 5.13 Å². The van der Waals surface area contributed by atoms with Gasteiger partial charge in [0.15, 0.2) is 0 Å². The summed E-state index contributed by atoms with van der Waals surface area (Å²) in [5.74, 6) is -0.771. The minimum Gasteiger partial charge on any atom is -0.481 e. The van der Waals surface area contributed by atoms with Crippen molar-refractivity contribution in [2.24, 2.45) is 5.92 Å². The number of aliphatic carboxylic acids is 1. The van der Waals surface area contributed by atoms with Crippen molar-refractivity contribution in [1.29, 1.82) is 0 Å². The average Bonchev–Trinajstić information content (AvgIpc) is 2.97. The van der Waals surface area contributed by atoms with E-state index in [1.54, 1.807) is 4.90 Å². The number of nitrogens with zero attached hydrogens (tertiary/aromatic N) is 3. The fourth-order valence-corrected chi connectivity index (χ4v) is 2.72. The van der Waals surface area contributed by atoms with Crippen LogP contribution in [0.3, 0.4) is 0 Å². The molecule has 1 unspecified atom stereocenters. The van der Waals surface area contributed by atoms with Crippen molar-refractivity contribution in [2.75, 3.05) is 18.4 Å². The lowest BCUT2D eigenvalue weighted by Crippen LogP contribution is -2.33. The summed E-state index contributed by atoms with van der Waals surface area (Å²) in [6.45, 7) is 3.05. The van der Waals surface area contributed by atoms with Gasteiger partial charge in [0.25, 0.3) is 0 Å². The molecule has 0 aliphatic carbocycles. The lowest BCUT2D eigenvalue weighted by atomic mass is 10.1. The maximum Gasteiger partial charge on any atom is 0.323 e. The lowest BCUT2D eigenvalue weighted by molar-refractivity contribution is -0.138. The number of carbonyl (C=O) groups is 2. The molecule has 7 nitrogen and oxygen atoms in total. The number of hydrogen-bond donors (Lipinski definition) is 2. The zero-order valence-electron chi connectivity index (χ0n) is 10.6. The molecular weight excluding hydrogens is 268 g/mol. The summed E-state index contributed by atoms with van der Waals surface area (Å²) in [6, 6.07) is -0.230. The quantitative estimate of drug-likeness (QED) is 0.872. The Hall–Kier alpha value is -1.70. The molecule has 1 atom stereocenters. The first-order chi connectivity index (χ1) is 9.08. The molecule has 104 valence electrons. The van der Waals surface area contributed by atoms with Crippen LogP contribution >= 0.6 is 11.3 Å². The number of nitrogens with one attached hydrogen (secondary N) is 1. The number of hydrogen-bond acceptors (Lipinski definition) is 5. The number of likely N-dealkylation sites (tertiary alicyclic amines) is 1. The fraction of sp³-hybridized carbons (Fsp3) is 0.636. The molecule has 1 saturated heterocycles. The minimum absolute atomic E-state index is 0.0453. The third-order valence-corrected chi connectivity index (χ3v) is 4.00. The Kier molecular flexibility index (Phi) is 4.31. The van der Waals surface area contributed by atoms with E-state index >= 15 is 0 Å². The highest BCUT2D eigenvalue weighted by atomic mass is 32.1. The monoisotopic (exact) mass is 284 g/mol. The van der Waals surface area contributed by atoms with E-state index in [1.807, 2.05) is 6.92 Å². The number of carboxylic acid groups (broad SMARTS) is 1. The van der Waals surface area contributed by atoms with Crippen molar-refractivity contribution >= 4 is 28.5 Å². The Balaban J connectivity index is 1.85. The van der Waals surface area contributed by atoms with Crippen LogP contribution in [0.1, 0.15) is 24.8 Å². The van der Waals surface area contributed by atoms with Crippen LogP contribution in [0.2, 0.25) is 0 Å². The van der Waals surface area contributed by atoms with Gasteiger partial charge in [-0.1, -0.05) is 18.3 Å². The second-order valence-electron chi connectivity index (χ2n) is 4.48. The van der Waals surface area contributed by atoms with Gasteiger partial charge in [-0.25, -0.2) is 4.79 Å². The third-order valence-electron chi connectivity index (χ3n) is 3.02. The predicted octanol–water partition coefficient (Wildman–Crippen LogP) is 1.43. The van der Waals surface area contributed by atoms with E-state index in [-0.39, 0.29) is 18.4 Å². The van der Waals surface area contributed by atoms with Crippen molar-refractivity contribution in [3.8, 4) is 0 Å². The van der Waals surface area contributed by atoms with Crippen LogP contribution in [0, 0.1) is 5.92 Å². The Morgan fingerprint density at radius 1 is 1.53 bits per heavy atom. The van der Waals surface area contributed by atoms with Gasteiger partial charge in [-0.05, 0) is 18.8 Å². The number of carboxylic acids is 1. The number of amides is 2. The summed E-state index contributed by atoms with van der Waals surface area (Å²) in [6.07, 6.45) is 1.64. The van der Waals surface area contributed by atoms with Gasteiger partial charge in [0.05, 0.1) is 0 Å². The van der Waals surface area contributed by atoms with Gasteiger partial charge >= 0.3 is 12.0 Å². The third kappa shape index (κ3) is 3.63. The predicted molar refractivity (Wildman–Crippen MR) is 70.2 cm³/mol. The van der Waals surface area contributed by atoms with Crippen LogP contribution in [0.25, 0.3) is 0 Å². The van der Waals surface area contributed by atoms with Crippen LogP contribution < -0.4 is 5.32 Å². The van der Waals surface area contributed by atoms with E-state index < -0.39 is 5.97 Å². The van der Waals surface area contributed by atoms with Gasteiger partial charge in [-0.2, -0.15) is 0 Å². The molecule has 1 fully saturated rings. The van der Waals surface area contributed by atoms with Crippen molar-refractivity contribution in [3.63, 3.8) is 0 Å². The molecule has 19 heavy (non-hydrogen) atoms. The topological polar surface area (TPSA) is 95.4 Å². The fourth-order valence-electron chi connectivity index (χ4n) is 2.05. The van der Waals surface area contributed by atoms with Crippen LogP contribution in [-0.2, 0) is 11.2 Å². The number of anilines is 1. The normalized spacial score (nSPS) is 18.6. The summed E-state index contributed by atoms with van der Waals surface area (Å²) in [7, 11) is 0. The van der Waals surface area contributed by atoms with Gasteiger partial charge in [-0.3, -0.25) is 10.1 Å². The second-order valence-corrected chi connectivity index (χ2v) is 5.55. The number of urea groups is 1. The highest BCUT2D eigenvalue weighted by Gasteiger charge is 2.28. The molecule has 0 spiro atoms. The SMILES string of the molecule is CCc1nnc(NC(=O)N2CCC(CC(=O)O)C2)s1. The molecule has 2 N–H and O–H groups in total. The maximum absolute atomic E-state index is 11.9. The minimum atomic E-state index is -0.816. The average molecular weight is 284 g/mol. The van der Waals surface area contributed by atoms with Crippen molar-refractivity contribution in [3.05, 3.63) is 5.01 Å². The van der Waals surface area contributed by atoms with E-state index in [2.05, 4.69) is 15.5 Å². The molecule has 0 saturated carbocycles. The van der Waals surface area contributed by atoms with E-state index in [0.717, 1.165) is 17.8 Å². The van der Waals surface area contributed by atoms with Crippen molar-refractivity contribution < 1.29 is 14.7 Å². The molecule has 2 heterocycles. The maximum atomic E-state index is 11.9. The zero-order chi connectivity index (χ0) is 13.8. The Morgan fingerprint density at radius 3 is 2.95 bits per heavy atom. The second kappa shape index (κ2) is 5.96. The van der Waals surface area contributed by atoms with Gasteiger partial charge in [-0.15, -0.1) is 10.2 Å². The zero-order valence-corrected chi connectivity index (χ0v) is 11.4. The van der Waals surface area contributed by atoms with Crippen molar-refractivity contribution in [1.82, 2.24) is 15.1 Å². The van der Waals surface area contributed by atoms with E-state index in [9.17, 15) is 9.59 Å². The highest BCUT2D eigenvalue weighted by molar-refractivity contribution is 7.15. The molecule has 0 aromatic carbocycles. The summed E-state index contributed by atoms with van der Waals surface area (Å²) < 4.78 is 0. The molecule has 0 radical (unpaired) electrons. The Labute approximate surface area is 114 Å². The van der Waals surface area contributed by atoms with E-state index in [4.69, 9.17) is 5.11 Å². The Morgan fingerprint density at radius 2 is 2.32 bits per heavy atom. The van der Waals surface area contributed by atoms with Crippen molar-refractivity contribution in [2.45, 2.75) is 26.2 Å². The summed E-state index contributed by atoms with van der Waals surface area (Å²) >= 11 is 1.36. The van der Waals surface area contributed by atoms with Crippen LogP contribution in [0.4, 0.5) is 9.93 Å². The summed E-state index contributed by atoms with van der Waals surface area (Å²) in [4.78, 5) is 24.2. The van der Waals surface area contributed by atoms with Gasteiger partial charge < -0.3 is 10.0 Å². The number of aryl methyl sites for hydroxylation is 1. The molecule has 2 amide bonds. The first kappa shape index (κ1) is 13.7. The van der Waals surface area contributed by atoms with E-state index in [1.165, 1.54) is 11.3 Å². The summed E-state index contributed by atoms with van der Waals surface area (Å²) in [5, 5.41) is 20.6. The summed E-state index contributed by atoms with van der Waals surface area (Å²) in [5.41, 5.74) is 0. The van der Waals surface area contributed by atoms with Gasteiger partial charge in [0.1, 0.15) is 5.01 Å². The first-order valence-corrected chi connectivity index (χ1v) is 7.00. The molecule has 1 aromatic heterocycles. The van der Waals surface area contributed by atoms with Crippen LogP contribution in [-0.4, -0.2) is 45.3 Å². The molecule has 0 bridgehead atoms. The van der Waals surface area contributed by atoms with Crippen LogP contribution in [0.5, 0.6) is 0 Å². The largest absolute Gasteiger partial charge is 0.481 e. The molecular formula is C11H16N4O3S. The van der Waals surface area contributed by atoms with E-state index in [0.29, 0.717) is 18.2 Å². The van der Waals surface area contributed by atoms with Gasteiger partial charge in [0, 0.05) is 19.5 Å². The lowest BCUT2D eigenvalue weighted by Gasteiger charge is -2.15. The molecule has 2 rings (SSSR count).